The highest BCUT2D eigenvalue weighted by molar-refractivity contribution is 14.1. The molecular weight excluding hydrogens is 401 g/mol. The SMILES string of the molecule is CCNC(c1ccc(-c2ccc(Cl)cc2I)s1)C(C)C. The van der Waals surface area contributed by atoms with Crippen LogP contribution < -0.4 is 5.32 Å². The maximum atomic E-state index is 6.03. The van der Waals surface area contributed by atoms with Gasteiger partial charge in [0.05, 0.1) is 0 Å². The van der Waals surface area contributed by atoms with Crippen molar-refractivity contribution in [1.29, 1.82) is 0 Å². The fraction of sp³-hybridized carbons (Fsp3) is 0.375. The quantitative estimate of drug-likeness (QED) is 0.588. The molecule has 0 aliphatic carbocycles. The van der Waals surface area contributed by atoms with Crippen LogP contribution in [0.5, 0.6) is 0 Å². The molecule has 0 saturated carbocycles. The molecule has 4 heteroatoms. The van der Waals surface area contributed by atoms with E-state index in [1.165, 1.54) is 18.9 Å². The van der Waals surface area contributed by atoms with Gasteiger partial charge < -0.3 is 5.32 Å². The first kappa shape index (κ1) is 16.3. The topological polar surface area (TPSA) is 12.0 Å². The smallest absolute Gasteiger partial charge is 0.0438 e. The van der Waals surface area contributed by atoms with Crippen LogP contribution in [-0.4, -0.2) is 6.54 Å². The lowest BCUT2D eigenvalue weighted by molar-refractivity contribution is 0.428. The summed E-state index contributed by atoms with van der Waals surface area (Å²) in [6.07, 6.45) is 0. The Morgan fingerprint density at radius 1 is 1.25 bits per heavy atom. The number of nitrogens with one attached hydrogen (secondary N) is 1. The molecule has 2 rings (SSSR count). The summed E-state index contributed by atoms with van der Waals surface area (Å²) >= 11 is 10.3. The van der Waals surface area contributed by atoms with Crippen molar-refractivity contribution in [2.24, 2.45) is 5.92 Å². The summed E-state index contributed by atoms with van der Waals surface area (Å²) < 4.78 is 1.20. The van der Waals surface area contributed by atoms with Gasteiger partial charge in [-0.15, -0.1) is 11.3 Å². The predicted molar refractivity (Wildman–Crippen MR) is 98.7 cm³/mol. The Kier molecular flexibility index (Phi) is 5.90. The van der Waals surface area contributed by atoms with Gasteiger partial charge in [0.2, 0.25) is 0 Å². The molecule has 1 aromatic carbocycles. The monoisotopic (exact) mass is 419 g/mol. The molecule has 0 amide bonds. The van der Waals surface area contributed by atoms with Crippen LogP contribution in [0.1, 0.15) is 31.7 Å². The number of thiophene rings is 1. The normalized spacial score (nSPS) is 12.9. The van der Waals surface area contributed by atoms with Gasteiger partial charge in [-0.25, -0.2) is 0 Å². The highest BCUT2D eigenvalue weighted by Crippen LogP contribution is 2.36. The second-order valence-electron chi connectivity index (χ2n) is 5.11. The lowest BCUT2D eigenvalue weighted by Crippen LogP contribution is -2.24. The van der Waals surface area contributed by atoms with Gasteiger partial charge in [0.1, 0.15) is 0 Å². The van der Waals surface area contributed by atoms with Crippen LogP contribution in [0, 0.1) is 9.49 Å². The van der Waals surface area contributed by atoms with Crippen LogP contribution in [0.25, 0.3) is 10.4 Å². The van der Waals surface area contributed by atoms with Crippen LogP contribution in [0.15, 0.2) is 30.3 Å². The molecule has 0 aliphatic rings. The van der Waals surface area contributed by atoms with Crippen molar-refractivity contribution in [3.63, 3.8) is 0 Å². The summed E-state index contributed by atoms with van der Waals surface area (Å²) in [4.78, 5) is 2.72. The molecule has 2 aromatic rings. The fourth-order valence-electron chi connectivity index (χ4n) is 2.24. The van der Waals surface area contributed by atoms with Crippen molar-refractivity contribution >= 4 is 45.5 Å². The minimum Gasteiger partial charge on any atom is -0.309 e. The molecule has 1 unspecified atom stereocenters. The second-order valence-corrected chi connectivity index (χ2v) is 7.82. The zero-order chi connectivity index (χ0) is 14.7. The van der Waals surface area contributed by atoms with Gasteiger partial charge in [-0.1, -0.05) is 38.4 Å². The summed E-state index contributed by atoms with van der Waals surface area (Å²) in [5, 5.41) is 4.37. The van der Waals surface area contributed by atoms with Gasteiger partial charge in [0.25, 0.3) is 0 Å². The lowest BCUT2D eigenvalue weighted by Gasteiger charge is -2.20. The Balaban J connectivity index is 2.32. The average Bonchev–Trinajstić information content (AvgIpc) is 2.84. The second kappa shape index (κ2) is 7.25. The van der Waals surface area contributed by atoms with E-state index in [0.29, 0.717) is 12.0 Å². The highest BCUT2D eigenvalue weighted by Gasteiger charge is 2.17. The first-order valence-corrected chi connectivity index (χ1v) is 9.08. The first-order chi connectivity index (χ1) is 9.52. The maximum Gasteiger partial charge on any atom is 0.0438 e. The van der Waals surface area contributed by atoms with Gasteiger partial charge in [-0.3, -0.25) is 0 Å². The third-order valence-electron chi connectivity index (χ3n) is 3.22. The van der Waals surface area contributed by atoms with E-state index in [0.717, 1.165) is 11.6 Å². The first-order valence-electron chi connectivity index (χ1n) is 6.81. The summed E-state index contributed by atoms with van der Waals surface area (Å²) in [7, 11) is 0. The molecule has 108 valence electrons. The molecule has 0 radical (unpaired) electrons. The lowest BCUT2D eigenvalue weighted by atomic mass is 10.0. The Labute approximate surface area is 143 Å². The number of rotatable bonds is 5. The van der Waals surface area contributed by atoms with Crippen LogP contribution in [0.2, 0.25) is 5.02 Å². The molecule has 0 aliphatic heterocycles. The predicted octanol–water partition coefficient (Wildman–Crippen LogP) is 5.98. The molecule has 1 aromatic heterocycles. The summed E-state index contributed by atoms with van der Waals surface area (Å²) in [6.45, 7) is 7.68. The molecular formula is C16H19ClINS. The van der Waals surface area contributed by atoms with Crippen molar-refractivity contribution in [3.8, 4) is 10.4 Å². The fourth-order valence-corrected chi connectivity index (χ4v) is 4.88. The minimum atomic E-state index is 0.434. The van der Waals surface area contributed by atoms with Crippen LogP contribution in [-0.2, 0) is 0 Å². The summed E-state index contributed by atoms with van der Waals surface area (Å²) in [5.74, 6) is 0.589. The van der Waals surface area contributed by atoms with E-state index >= 15 is 0 Å². The van der Waals surface area contributed by atoms with Crippen molar-refractivity contribution in [2.75, 3.05) is 6.54 Å². The van der Waals surface area contributed by atoms with Gasteiger partial charge >= 0.3 is 0 Å². The van der Waals surface area contributed by atoms with E-state index in [2.05, 4.69) is 66.9 Å². The summed E-state index contributed by atoms with van der Waals surface area (Å²) in [6, 6.07) is 11.0. The van der Waals surface area contributed by atoms with Gasteiger partial charge in [0.15, 0.2) is 0 Å². The standard InChI is InChI=1S/C16H19ClINS/c1-4-19-16(10(2)3)15-8-7-14(20-15)12-6-5-11(17)9-13(12)18/h5-10,16,19H,4H2,1-3H3. The van der Waals surface area contributed by atoms with Crippen molar-refractivity contribution in [2.45, 2.75) is 26.8 Å². The molecule has 1 nitrogen and oxygen atoms in total. The van der Waals surface area contributed by atoms with E-state index in [9.17, 15) is 0 Å². The molecule has 0 saturated heterocycles. The van der Waals surface area contributed by atoms with Gasteiger partial charge in [-0.2, -0.15) is 0 Å². The molecule has 0 spiro atoms. The Morgan fingerprint density at radius 3 is 2.60 bits per heavy atom. The number of benzene rings is 1. The van der Waals surface area contributed by atoms with Crippen LogP contribution in [0.3, 0.4) is 0 Å². The third kappa shape index (κ3) is 3.75. The van der Waals surface area contributed by atoms with Crippen LogP contribution >= 0.6 is 45.5 Å². The number of hydrogen-bond acceptors (Lipinski definition) is 2. The summed E-state index contributed by atoms with van der Waals surface area (Å²) in [5.41, 5.74) is 1.27. The largest absolute Gasteiger partial charge is 0.309 e. The van der Waals surface area contributed by atoms with Crippen molar-refractivity contribution < 1.29 is 0 Å². The molecule has 1 atom stereocenters. The highest BCUT2D eigenvalue weighted by atomic mass is 127. The van der Waals surface area contributed by atoms with E-state index in [1.807, 2.05) is 23.5 Å². The van der Waals surface area contributed by atoms with E-state index < -0.39 is 0 Å². The van der Waals surface area contributed by atoms with E-state index in [4.69, 9.17) is 11.6 Å². The molecule has 0 fully saturated rings. The molecule has 0 bridgehead atoms. The zero-order valence-electron chi connectivity index (χ0n) is 11.9. The molecule has 1 heterocycles. The number of hydrogen-bond donors (Lipinski definition) is 1. The van der Waals surface area contributed by atoms with Crippen molar-refractivity contribution in [3.05, 3.63) is 43.8 Å². The molecule has 20 heavy (non-hydrogen) atoms. The Bertz CT molecular complexity index is 580. The molecule has 1 N–H and O–H groups in total. The number of halogens is 2. The maximum absolute atomic E-state index is 6.03. The third-order valence-corrected chi connectivity index (χ3v) is 5.55. The van der Waals surface area contributed by atoms with Crippen molar-refractivity contribution in [1.82, 2.24) is 5.32 Å². The van der Waals surface area contributed by atoms with E-state index in [1.54, 1.807) is 0 Å². The Hall–Kier alpha value is -0.100. The van der Waals surface area contributed by atoms with Gasteiger partial charge in [-0.05, 0) is 59.3 Å². The minimum absolute atomic E-state index is 0.434. The average molecular weight is 420 g/mol. The van der Waals surface area contributed by atoms with E-state index in [-0.39, 0.29) is 0 Å². The Morgan fingerprint density at radius 2 is 2.00 bits per heavy atom. The van der Waals surface area contributed by atoms with Crippen LogP contribution in [0.4, 0.5) is 0 Å². The van der Waals surface area contributed by atoms with Gasteiger partial charge in [0, 0.05) is 30.0 Å². The zero-order valence-corrected chi connectivity index (χ0v) is 15.6.